The van der Waals surface area contributed by atoms with Crippen LogP contribution in [0.4, 0.5) is 0 Å². The second-order valence-electron chi connectivity index (χ2n) is 26.1. The molecule has 0 N–H and O–H groups in total. The van der Waals surface area contributed by atoms with E-state index in [2.05, 4.69) is 546 Å². The van der Waals surface area contributed by atoms with Crippen molar-refractivity contribution in [2.24, 2.45) is 0 Å². The fraction of sp³-hybridized carbons (Fsp3) is 0. The summed E-state index contributed by atoms with van der Waals surface area (Å²) in [4.78, 5) is 0. The van der Waals surface area contributed by atoms with Crippen LogP contribution in [-0.2, 0) is 102 Å². The summed E-state index contributed by atoms with van der Waals surface area (Å²) in [6.45, 7) is 0. The molecule has 0 aliphatic rings. The Morgan fingerprint density at radius 3 is 0.158 bits per heavy atom. The third-order valence-electron chi connectivity index (χ3n) is 18.3. The second-order valence-corrected chi connectivity index (χ2v) is 39.4. The first kappa shape index (κ1) is 98.8. The van der Waals surface area contributed by atoms with E-state index >= 15 is 0 Å². The van der Waals surface area contributed by atoms with E-state index in [1.54, 1.807) is 0 Å². The Morgan fingerprint density at radius 2 is 0.117 bits per heavy atom. The zero-order chi connectivity index (χ0) is 77.5. The number of benzene rings is 18. The summed E-state index contributed by atoms with van der Waals surface area (Å²) in [5.74, 6) is 0. The Labute approximate surface area is 784 Å². The van der Waals surface area contributed by atoms with Crippen LogP contribution < -0.4 is 95.5 Å². The molecule has 0 nitrogen and oxygen atoms in total. The van der Waals surface area contributed by atoms with Crippen LogP contribution in [0, 0.1) is 0 Å². The van der Waals surface area contributed by atoms with Gasteiger partial charge in [0, 0.05) is 0 Å². The van der Waals surface area contributed by atoms with Gasteiger partial charge in [0.2, 0.25) is 0 Å². The van der Waals surface area contributed by atoms with Gasteiger partial charge in [0.05, 0.1) is 0 Å². The third kappa shape index (κ3) is 30.0. The van der Waals surface area contributed by atoms with Crippen LogP contribution >= 0.6 is 47.5 Å². The van der Waals surface area contributed by atoms with Gasteiger partial charge in [-0.25, -0.2) is 0 Å². The van der Waals surface area contributed by atoms with E-state index < -0.39 is 47.5 Å². The van der Waals surface area contributed by atoms with Gasteiger partial charge in [-0.05, 0) is 143 Å². The minimum absolute atomic E-state index is 0. The summed E-state index contributed by atoms with van der Waals surface area (Å²) in [6.07, 6.45) is 0. The second kappa shape index (κ2) is 56.4. The molecule has 0 aliphatic carbocycles. The van der Waals surface area contributed by atoms with Gasteiger partial charge in [-0.1, -0.05) is 546 Å². The molecule has 0 spiro atoms. The molecule has 0 saturated carbocycles. The summed E-state index contributed by atoms with van der Waals surface area (Å²) >= 11 is 0. The fourth-order valence-corrected chi connectivity index (χ4v) is 26.9. The van der Waals surface area contributed by atoms with Gasteiger partial charge < -0.3 is 1.43 Å². The molecule has 0 fully saturated rings. The van der Waals surface area contributed by atoms with Crippen LogP contribution in [0.25, 0.3) is 0 Å². The van der Waals surface area contributed by atoms with Crippen LogP contribution in [0.15, 0.2) is 546 Å². The maximum atomic E-state index is 2.23. The van der Waals surface area contributed by atoms with E-state index in [-0.39, 0.29) is 104 Å². The quantitative estimate of drug-likeness (QED) is 0.0593. The topological polar surface area (TPSA) is 0 Å². The molecule has 18 aromatic carbocycles. The fourth-order valence-electron chi connectivity index (χ4n) is 13.1. The Bertz CT molecular complexity index is 4100. The van der Waals surface area contributed by atoms with E-state index in [4.69, 9.17) is 0 Å². The van der Waals surface area contributed by atoms with Gasteiger partial charge in [0.25, 0.3) is 0 Å². The van der Waals surface area contributed by atoms with Gasteiger partial charge in [0.1, 0.15) is 0 Å². The van der Waals surface area contributed by atoms with Gasteiger partial charge in [-0.15, -0.1) is 0 Å². The Morgan fingerprint density at radius 1 is 0.0750 bits per heavy atom. The minimum atomic E-state index is -0.446. The van der Waals surface area contributed by atoms with Crippen LogP contribution in [0.2, 0.25) is 0 Å². The van der Waals surface area contributed by atoms with Crippen molar-refractivity contribution < 1.29 is 104 Å². The SMILES string of the molecule is [Cu+].[Cu+].[Cu+].[Cu+].[Cu+].[Cu+].[H-].c1ccc(P(c2ccccc2)c2ccccc2)cc1.c1ccc(P(c2ccccc2)c2ccccc2)cc1.c1ccc(P(c2ccccc2)c2ccccc2)cc1.c1ccc(P(c2ccccc2)c2ccccc2)cc1.c1ccc(P(c2ccccc2)c2ccccc2)cc1.c1ccc(P(c2ccccc2)c2ccccc2)cc1. The summed E-state index contributed by atoms with van der Waals surface area (Å²) in [7, 11) is -2.68. The van der Waals surface area contributed by atoms with Gasteiger partial charge in [-0.3, -0.25) is 0 Å². The maximum Gasteiger partial charge on any atom is 1.00 e. The van der Waals surface area contributed by atoms with Gasteiger partial charge in [-0.2, -0.15) is 0 Å². The molecule has 0 saturated heterocycles. The van der Waals surface area contributed by atoms with Crippen molar-refractivity contribution in [1.29, 1.82) is 0 Å². The first-order chi connectivity index (χ1) is 56.7. The Kier molecular flexibility index (Phi) is 46.4. The van der Waals surface area contributed by atoms with Crippen LogP contribution in [-0.4, -0.2) is 0 Å². The van der Waals surface area contributed by atoms with E-state index in [1.807, 2.05) is 0 Å². The smallest absolute Gasteiger partial charge is 1.00 e. The monoisotopic (exact) mass is 1950 g/mol. The first-order valence-electron chi connectivity index (χ1n) is 38.4. The normalized spacial score (nSPS) is 10.1. The van der Waals surface area contributed by atoms with Crippen molar-refractivity contribution in [3.63, 3.8) is 0 Å². The predicted octanol–water partition coefficient (Wildman–Crippen LogP) is 20.8. The van der Waals surface area contributed by atoms with Crippen molar-refractivity contribution >= 4 is 143 Å². The van der Waals surface area contributed by atoms with E-state index in [1.165, 1.54) is 95.5 Å². The average molecular weight is 1960 g/mol. The van der Waals surface area contributed by atoms with E-state index in [0.717, 1.165) is 0 Å². The first-order valence-corrected chi connectivity index (χ1v) is 46.5. The molecular weight excluding hydrogens is 1860 g/mol. The molecule has 0 aliphatic heterocycles. The largest absolute Gasteiger partial charge is 1.00 e. The molecule has 0 amide bonds. The molecular formula is C108H91Cu6P6+5. The number of hydrogen-bond donors (Lipinski definition) is 0. The number of rotatable bonds is 18. The maximum absolute atomic E-state index is 2.23. The van der Waals surface area contributed by atoms with Crippen molar-refractivity contribution in [3.8, 4) is 0 Å². The average Bonchev–Trinajstić information content (AvgIpc) is 0.853. The molecule has 0 radical (unpaired) electrons. The Hall–Kier alpha value is -8.34. The van der Waals surface area contributed by atoms with E-state index in [9.17, 15) is 0 Å². The summed E-state index contributed by atoms with van der Waals surface area (Å²) in [6, 6.07) is 194. The molecule has 0 heterocycles. The molecule has 0 bridgehead atoms. The van der Waals surface area contributed by atoms with Crippen molar-refractivity contribution in [2.45, 2.75) is 0 Å². The molecule has 0 aromatic heterocycles. The molecule has 120 heavy (non-hydrogen) atoms. The van der Waals surface area contributed by atoms with Crippen molar-refractivity contribution in [3.05, 3.63) is 546 Å². The standard InChI is InChI=1S/6C18H15P.6Cu.H/c6*1-4-10-16(11-5-1)19(17-12-6-2-7-13-17)18-14-8-3-9-15-18;;;;;;;/h6*1-15H;;;;;;;/q;;;;;;6*+1;-1. The van der Waals surface area contributed by atoms with Crippen molar-refractivity contribution in [2.75, 3.05) is 0 Å². The minimum Gasteiger partial charge on any atom is -1.00 e. The zero-order valence-corrected chi connectivity index (χ0v) is 76.5. The van der Waals surface area contributed by atoms with Crippen LogP contribution in [0.1, 0.15) is 1.43 Å². The van der Waals surface area contributed by atoms with Crippen molar-refractivity contribution in [1.82, 2.24) is 0 Å². The summed E-state index contributed by atoms with van der Waals surface area (Å²) < 4.78 is 0. The predicted molar refractivity (Wildman–Crippen MR) is 512 cm³/mol. The molecule has 18 aromatic rings. The molecule has 0 unspecified atom stereocenters. The molecule has 0 atom stereocenters. The third-order valence-corrected chi connectivity index (χ3v) is 32.9. The Balaban J connectivity index is 0.000000222. The molecule has 614 valence electrons. The summed E-state index contributed by atoms with van der Waals surface area (Å²) in [5, 5.41) is 25.2. The van der Waals surface area contributed by atoms with Gasteiger partial charge in [0.15, 0.2) is 0 Å². The molecule has 18 rings (SSSR count). The van der Waals surface area contributed by atoms with Crippen LogP contribution in [0.3, 0.4) is 0 Å². The number of hydrogen-bond acceptors (Lipinski definition) is 0. The van der Waals surface area contributed by atoms with E-state index in [0.29, 0.717) is 0 Å². The zero-order valence-electron chi connectivity index (χ0n) is 66.5. The van der Waals surface area contributed by atoms with Gasteiger partial charge >= 0.3 is 102 Å². The van der Waals surface area contributed by atoms with Crippen LogP contribution in [0.5, 0.6) is 0 Å². The molecule has 12 heteroatoms. The summed E-state index contributed by atoms with van der Waals surface area (Å²) in [5.41, 5.74) is 0.